The van der Waals surface area contributed by atoms with Crippen LogP contribution in [0.4, 0.5) is 30.2 Å². The predicted molar refractivity (Wildman–Crippen MR) is 326 cm³/mol. The second-order valence-electron chi connectivity index (χ2n) is 22.2. The second kappa shape index (κ2) is 25.2. The minimum absolute atomic E-state index is 0.0809. The van der Waals surface area contributed by atoms with Crippen molar-refractivity contribution in [3.05, 3.63) is 163 Å². The molecule has 0 spiro atoms. The number of pyridine rings is 2. The first-order valence-corrected chi connectivity index (χ1v) is 29.1. The van der Waals surface area contributed by atoms with Gasteiger partial charge in [-0.1, -0.05) is 84.9 Å². The van der Waals surface area contributed by atoms with E-state index in [2.05, 4.69) is 134 Å². The third-order valence-electron chi connectivity index (χ3n) is 15.3. The Bertz CT molecular complexity index is 3840. The summed E-state index contributed by atoms with van der Waals surface area (Å²) in [5.41, 5.74) is 4.79. The highest BCUT2D eigenvalue weighted by molar-refractivity contribution is 7.88. The maximum absolute atomic E-state index is 12.6. The van der Waals surface area contributed by atoms with Gasteiger partial charge in [0, 0.05) is 55.2 Å². The van der Waals surface area contributed by atoms with E-state index in [9.17, 15) is 21.6 Å². The standard InChI is InChI=1S/C29H27N3O2.C18H28BNO3.C18H11F3N2O4S/c1-19-17-32(18-20(2)34-19)24-14-10-22(11-15-24)27-16-28(33-4)29-25(6-5-7-26(29)31-27)21-8-12-23(30-3)13-9-21;1-13-11-20(12-14(2)21-13)16-9-7-15(8-10-16)19-22-17(3,4)18(5,6)23-19;1-26-15-9-16(27-28(24,25)18(19,20)21)23-14-4-2-3-13(17(14)15)12-7-5-11(10-22)6-8-12/h5-16,19-20H,17-18H2,1-2,4H3;7-10,13-14H,11-12H2,1-6H3;2-9H,1H3/t19-,20+;13-,14+;. The van der Waals surface area contributed by atoms with E-state index >= 15 is 0 Å². The van der Waals surface area contributed by atoms with Gasteiger partial charge in [-0.05, 0) is 132 Å². The average molecular weight is 1180 g/mol. The van der Waals surface area contributed by atoms with E-state index in [4.69, 9.17) is 45.1 Å². The highest BCUT2D eigenvalue weighted by atomic mass is 32.2. The topological polar surface area (TPSA) is 159 Å². The van der Waals surface area contributed by atoms with Crippen LogP contribution in [0, 0.1) is 17.9 Å². The summed E-state index contributed by atoms with van der Waals surface area (Å²) in [6, 6.07) is 47.3. The Morgan fingerprint density at radius 3 is 1.52 bits per heavy atom. The Balaban J connectivity index is 0.000000156. The molecule has 85 heavy (non-hydrogen) atoms. The number of benzene rings is 6. The van der Waals surface area contributed by atoms with Crippen molar-refractivity contribution in [1.29, 1.82) is 5.26 Å². The Morgan fingerprint density at radius 1 is 0.635 bits per heavy atom. The maximum atomic E-state index is 12.6. The molecule has 440 valence electrons. The lowest BCUT2D eigenvalue weighted by Gasteiger charge is -2.37. The number of anilines is 2. The minimum Gasteiger partial charge on any atom is -0.496 e. The van der Waals surface area contributed by atoms with Crippen molar-refractivity contribution in [3.8, 4) is 57.0 Å². The van der Waals surface area contributed by atoms with Crippen molar-refractivity contribution in [2.75, 3.05) is 50.2 Å². The monoisotopic (exact) mass is 1170 g/mol. The largest absolute Gasteiger partial charge is 0.534 e. The Labute approximate surface area is 494 Å². The number of alkyl halides is 3. The van der Waals surface area contributed by atoms with Crippen LogP contribution in [-0.4, -0.2) is 107 Å². The summed E-state index contributed by atoms with van der Waals surface area (Å²) >= 11 is 0. The summed E-state index contributed by atoms with van der Waals surface area (Å²) in [7, 11) is -3.18. The van der Waals surface area contributed by atoms with Crippen molar-refractivity contribution >= 4 is 61.6 Å². The van der Waals surface area contributed by atoms with Gasteiger partial charge >= 0.3 is 22.7 Å². The minimum atomic E-state index is -5.86. The van der Waals surface area contributed by atoms with Crippen LogP contribution in [0.2, 0.25) is 0 Å². The number of ether oxygens (including phenoxy) is 4. The van der Waals surface area contributed by atoms with Crippen LogP contribution in [0.15, 0.2) is 146 Å². The number of nitriles is 1. The van der Waals surface area contributed by atoms with E-state index in [0.29, 0.717) is 27.8 Å². The number of rotatable bonds is 10. The molecule has 0 amide bonds. The van der Waals surface area contributed by atoms with Gasteiger partial charge < -0.3 is 42.2 Å². The summed E-state index contributed by atoms with van der Waals surface area (Å²) in [5, 5.41) is 10.3. The number of fused-ring (bicyclic) bond motifs is 2. The molecule has 0 aliphatic carbocycles. The molecule has 2 aromatic heterocycles. The lowest BCUT2D eigenvalue weighted by molar-refractivity contribution is -0.0501. The van der Waals surface area contributed by atoms with Crippen molar-refractivity contribution in [2.45, 2.75) is 96.5 Å². The molecule has 3 aliphatic rings. The van der Waals surface area contributed by atoms with Crippen molar-refractivity contribution in [2.24, 2.45) is 0 Å². The molecule has 0 saturated carbocycles. The van der Waals surface area contributed by atoms with E-state index < -0.39 is 21.5 Å². The number of hydrogen-bond donors (Lipinski definition) is 0. The zero-order valence-corrected chi connectivity index (χ0v) is 49.8. The van der Waals surface area contributed by atoms with Crippen LogP contribution in [0.3, 0.4) is 0 Å². The van der Waals surface area contributed by atoms with E-state index in [1.165, 1.54) is 24.6 Å². The van der Waals surface area contributed by atoms with Crippen LogP contribution in [-0.2, 0) is 28.9 Å². The molecule has 15 nitrogen and oxygen atoms in total. The first-order chi connectivity index (χ1) is 40.4. The fourth-order valence-corrected chi connectivity index (χ4v) is 10.9. The van der Waals surface area contributed by atoms with Crippen LogP contribution in [0.25, 0.3) is 60.2 Å². The number of halogens is 3. The molecule has 3 saturated heterocycles. The highest BCUT2D eigenvalue weighted by Gasteiger charge is 2.52. The summed E-state index contributed by atoms with van der Waals surface area (Å²) in [6.45, 7) is 27.7. The van der Waals surface area contributed by atoms with Gasteiger partial charge in [0.15, 0.2) is 5.69 Å². The van der Waals surface area contributed by atoms with Crippen LogP contribution in [0.1, 0.15) is 61.0 Å². The van der Waals surface area contributed by atoms with E-state index in [1.54, 1.807) is 43.5 Å². The molecular formula is C65H66BF3N6O9S. The van der Waals surface area contributed by atoms with Gasteiger partial charge in [0.1, 0.15) is 11.5 Å². The first-order valence-electron chi connectivity index (χ1n) is 27.7. The van der Waals surface area contributed by atoms with E-state index in [1.807, 2.05) is 48.5 Å². The van der Waals surface area contributed by atoms with Crippen molar-refractivity contribution in [3.63, 3.8) is 0 Å². The lowest BCUT2D eigenvalue weighted by atomic mass is 9.79. The molecule has 20 heteroatoms. The van der Waals surface area contributed by atoms with Gasteiger partial charge in [-0.25, -0.2) is 14.8 Å². The zero-order valence-electron chi connectivity index (χ0n) is 49.0. The van der Waals surface area contributed by atoms with Crippen LogP contribution in [0.5, 0.6) is 17.4 Å². The molecule has 11 rings (SSSR count). The van der Waals surface area contributed by atoms with Crippen molar-refractivity contribution in [1.82, 2.24) is 9.97 Å². The van der Waals surface area contributed by atoms with Gasteiger partial charge in [0.05, 0.1) is 95.5 Å². The molecule has 3 fully saturated rings. The molecule has 0 bridgehead atoms. The van der Waals surface area contributed by atoms with Gasteiger partial charge in [-0.15, -0.1) is 0 Å². The Hall–Kier alpha value is -8.24. The molecule has 4 atom stereocenters. The number of hydrogen-bond acceptors (Lipinski definition) is 14. The normalized spacial score (nSPS) is 19.2. The van der Waals surface area contributed by atoms with Gasteiger partial charge in [0.2, 0.25) is 5.88 Å². The summed E-state index contributed by atoms with van der Waals surface area (Å²) < 4.78 is 99.3. The molecular weight excluding hydrogens is 1110 g/mol. The summed E-state index contributed by atoms with van der Waals surface area (Å²) in [6.07, 6.45) is 0.978. The van der Waals surface area contributed by atoms with E-state index in [0.717, 1.165) is 76.7 Å². The Kier molecular flexibility index (Phi) is 18.1. The maximum Gasteiger partial charge on any atom is 0.534 e. The molecule has 5 heterocycles. The number of nitrogens with zero attached hydrogens (tertiary/aromatic N) is 6. The molecule has 3 aliphatic heterocycles. The number of aromatic nitrogens is 2. The highest BCUT2D eigenvalue weighted by Crippen LogP contribution is 2.41. The quantitative estimate of drug-likeness (QED) is 0.0551. The summed E-state index contributed by atoms with van der Waals surface area (Å²) in [5.74, 6) is 0.0979. The lowest BCUT2D eigenvalue weighted by Crippen LogP contribution is -2.45. The second-order valence-corrected chi connectivity index (χ2v) is 23.7. The number of morpholine rings is 2. The number of methoxy groups -OCH3 is 2. The van der Waals surface area contributed by atoms with Gasteiger partial charge in [0.25, 0.3) is 0 Å². The zero-order chi connectivity index (χ0) is 61.0. The average Bonchev–Trinajstić information content (AvgIpc) is 2.21. The summed E-state index contributed by atoms with van der Waals surface area (Å²) in [4.78, 5) is 17.1. The third kappa shape index (κ3) is 13.8. The van der Waals surface area contributed by atoms with Crippen LogP contribution < -0.4 is 28.9 Å². The molecule has 8 aromatic rings. The van der Waals surface area contributed by atoms with Crippen molar-refractivity contribution < 1.29 is 54.0 Å². The predicted octanol–water partition coefficient (Wildman–Crippen LogP) is 13.4. The van der Waals surface area contributed by atoms with Gasteiger partial charge in [-0.2, -0.15) is 26.9 Å². The molecule has 6 aromatic carbocycles. The fourth-order valence-electron chi connectivity index (χ4n) is 10.5. The third-order valence-corrected chi connectivity index (χ3v) is 16.2. The molecule has 0 N–H and O–H groups in total. The van der Waals surface area contributed by atoms with Crippen LogP contribution >= 0.6 is 0 Å². The Morgan fingerprint density at radius 2 is 1.07 bits per heavy atom. The SMILES string of the molecule is COc1cc(OS(=O)(=O)C(F)(F)F)nc2cccc(-c3ccc(C#N)cc3)c12.C[C@@H]1CN(c2ccc(B3OC(C)(C)C(C)(C)O3)cc2)C[C@H](C)O1.[C-]#[N+]c1ccc(-c2cccc3nc(-c4ccc(N5C[C@@H](C)O[C@@H](C)C5)cc4)cc(OC)c23)cc1. The fraction of sp³-hybridized carbons (Fsp3) is 0.323. The smallest absolute Gasteiger partial charge is 0.496 e. The first kappa shape index (κ1) is 61.3. The van der Waals surface area contributed by atoms with E-state index in [-0.39, 0.29) is 54.0 Å². The van der Waals surface area contributed by atoms with Gasteiger partial charge in [-0.3, -0.25) is 0 Å². The molecule has 0 unspecified atom stereocenters. The molecule has 0 radical (unpaired) electrons.